The highest BCUT2D eigenvalue weighted by atomic mass is 28.5. The van der Waals surface area contributed by atoms with Crippen LogP contribution in [0.2, 0.25) is 18.1 Å². The molecule has 21 heavy (non-hydrogen) atoms. The molecule has 0 bridgehead atoms. The van der Waals surface area contributed by atoms with Gasteiger partial charge in [0.2, 0.25) is 0 Å². The predicted molar refractivity (Wildman–Crippen MR) is 86.8 cm³/mol. The molecular weight excluding hydrogens is 324 g/mol. The molecule has 6 nitrogen and oxygen atoms in total. The summed E-state index contributed by atoms with van der Waals surface area (Å²) in [7, 11) is -3.40. The molecular formula is C12H30O6Si3. The molecule has 1 aliphatic heterocycles. The highest BCUT2D eigenvalue weighted by Gasteiger charge is 2.66. The normalized spacial score (nSPS) is 36.9. The average molecular weight is 355 g/mol. The zero-order valence-corrected chi connectivity index (χ0v) is 17.2. The topological polar surface area (TPSA) is 55.4 Å². The SMILES string of the molecule is CCC[Si]1(OC)O[Si](CCC)(OC)O[Si](CCC)(OC)O1. The third-order valence-corrected chi connectivity index (χ3v) is 16.2. The van der Waals surface area contributed by atoms with E-state index in [-0.39, 0.29) is 0 Å². The third-order valence-electron chi connectivity index (χ3n) is 3.53. The standard InChI is InChI=1S/C12H30O6Si3/c1-7-10-19(13-4)16-20(14-5,11-8-2)18-21(15-6,17-19)12-9-3/h7-12H2,1-6H3. The van der Waals surface area contributed by atoms with Gasteiger partial charge in [0.05, 0.1) is 0 Å². The summed E-state index contributed by atoms with van der Waals surface area (Å²) in [6, 6.07) is 2.28. The lowest BCUT2D eigenvalue weighted by molar-refractivity contribution is 0.0354. The second-order valence-electron chi connectivity index (χ2n) is 5.22. The fourth-order valence-corrected chi connectivity index (χ4v) is 16.8. The maximum atomic E-state index is 6.29. The Labute approximate surface area is 132 Å². The fourth-order valence-electron chi connectivity index (χ4n) is 2.55. The second kappa shape index (κ2) is 8.32. The van der Waals surface area contributed by atoms with Crippen molar-refractivity contribution in [2.45, 2.75) is 58.2 Å². The van der Waals surface area contributed by atoms with E-state index < -0.39 is 26.4 Å². The molecule has 1 heterocycles. The molecule has 0 aliphatic carbocycles. The molecule has 0 radical (unpaired) electrons. The maximum absolute atomic E-state index is 6.29. The van der Waals surface area contributed by atoms with Crippen molar-refractivity contribution in [2.75, 3.05) is 21.3 Å². The van der Waals surface area contributed by atoms with E-state index in [1.165, 1.54) is 0 Å². The minimum Gasteiger partial charge on any atom is -0.378 e. The van der Waals surface area contributed by atoms with E-state index >= 15 is 0 Å². The Bertz CT molecular complexity index is 264. The van der Waals surface area contributed by atoms with Gasteiger partial charge in [-0.1, -0.05) is 40.0 Å². The summed E-state index contributed by atoms with van der Waals surface area (Å²) in [6.07, 6.45) is 2.79. The summed E-state index contributed by atoms with van der Waals surface area (Å²) in [5.41, 5.74) is 0. The molecule has 9 heteroatoms. The summed E-state index contributed by atoms with van der Waals surface area (Å²) in [6.45, 7) is 6.30. The molecule has 0 saturated carbocycles. The van der Waals surface area contributed by atoms with Gasteiger partial charge >= 0.3 is 26.4 Å². The summed E-state index contributed by atoms with van der Waals surface area (Å²) in [4.78, 5) is 0. The van der Waals surface area contributed by atoms with Crippen molar-refractivity contribution in [1.82, 2.24) is 0 Å². The molecule has 126 valence electrons. The minimum atomic E-state index is -2.80. The molecule has 0 amide bonds. The van der Waals surface area contributed by atoms with Crippen molar-refractivity contribution >= 4 is 26.4 Å². The lowest BCUT2D eigenvalue weighted by Crippen LogP contribution is -2.72. The van der Waals surface area contributed by atoms with Crippen LogP contribution in [0.5, 0.6) is 0 Å². The lowest BCUT2D eigenvalue weighted by atomic mass is 10.6. The molecule has 1 saturated heterocycles. The van der Waals surface area contributed by atoms with E-state index in [0.717, 1.165) is 37.4 Å². The van der Waals surface area contributed by atoms with Gasteiger partial charge in [0, 0.05) is 39.5 Å². The summed E-state index contributed by atoms with van der Waals surface area (Å²) in [5.74, 6) is 0. The Hall–Kier alpha value is 0.411. The van der Waals surface area contributed by atoms with Crippen molar-refractivity contribution in [1.29, 1.82) is 0 Å². The second-order valence-corrected chi connectivity index (χ2v) is 14.5. The molecule has 0 aromatic carbocycles. The van der Waals surface area contributed by atoms with Gasteiger partial charge < -0.3 is 25.6 Å². The van der Waals surface area contributed by atoms with Crippen LogP contribution in [0.4, 0.5) is 0 Å². The highest BCUT2D eigenvalue weighted by molar-refractivity contribution is 6.88. The summed E-state index contributed by atoms with van der Waals surface area (Å²) >= 11 is 0. The van der Waals surface area contributed by atoms with Crippen LogP contribution < -0.4 is 0 Å². The highest BCUT2D eigenvalue weighted by Crippen LogP contribution is 2.38. The minimum absolute atomic E-state index is 0.760. The smallest absolute Gasteiger partial charge is 0.378 e. The van der Waals surface area contributed by atoms with Gasteiger partial charge in [-0.3, -0.25) is 0 Å². The molecule has 1 fully saturated rings. The molecule has 0 unspecified atom stereocenters. The molecule has 1 aliphatic rings. The number of hydrogen-bond donors (Lipinski definition) is 0. The van der Waals surface area contributed by atoms with Gasteiger partial charge in [0.15, 0.2) is 0 Å². The number of rotatable bonds is 9. The van der Waals surface area contributed by atoms with Crippen LogP contribution >= 0.6 is 0 Å². The van der Waals surface area contributed by atoms with Crippen LogP contribution in [0.25, 0.3) is 0 Å². The van der Waals surface area contributed by atoms with Crippen LogP contribution in [-0.2, 0) is 25.6 Å². The summed E-state index contributed by atoms with van der Waals surface area (Å²) in [5, 5.41) is 0. The van der Waals surface area contributed by atoms with Crippen molar-refractivity contribution in [3.8, 4) is 0 Å². The zero-order valence-electron chi connectivity index (χ0n) is 14.2. The van der Waals surface area contributed by atoms with Crippen molar-refractivity contribution in [2.24, 2.45) is 0 Å². The molecule has 1 rings (SSSR count). The molecule has 0 spiro atoms. The Morgan fingerprint density at radius 1 is 0.571 bits per heavy atom. The molecule has 0 aromatic rings. The van der Waals surface area contributed by atoms with Crippen LogP contribution in [0.15, 0.2) is 0 Å². The van der Waals surface area contributed by atoms with E-state index in [9.17, 15) is 0 Å². The van der Waals surface area contributed by atoms with Crippen LogP contribution in [0, 0.1) is 0 Å². The molecule has 0 atom stereocenters. The van der Waals surface area contributed by atoms with Gasteiger partial charge in [-0.15, -0.1) is 0 Å². The first-order chi connectivity index (χ1) is 9.99. The first-order valence-electron chi connectivity index (χ1n) is 7.74. The summed E-state index contributed by atoms with van der Waals surface area (Å²) < 4.78 is 36.1. The van der Waals surface area contributed by atoms with Crippen molar-refractivity contribution < 1.29 is 25.6 Å². The largest absolute Gasteiger partial charge is 0.485 e. The van der Waals surface area contributed by atoms with Gasteiger partial charge in [0.1, 0.15) is 0 Å². The Balaban J connectivity index is 3.18. The van der Waals surface area contributed by atoms with Gasteiger partial charge in [-0.2, -0.15) is 0 Å². The van der Waals surface area contributed by atoms with E-state index in [2.05, 4.69) is 20.8 Å². The van der Waals surface area contributed by atoms with E-state index in [1.807, 2.05) is 0 Å². The first kappa shape index (κ1) is 19.5. The van der Waals surface area contributed by atoms with Gasteiger partial charge in [-0.25, -0.2) is 0 Å². The van der Waals surface area contributed by atoms with Crippen LogP contribution in [0.3, 0.4) is 0 Å². The zero-order chi connectivity index (χ0) is 16.0. The van der Waals surface area contributed by atoms with Crippen molar-refractivity contribution in [3.63, 3.8) is 0 Å². The Morgan fingerprint density at radius 2 is 0.810 bits per heavy atom. The third kappa shape index (κ3) is 4.45. The van der Waals surface area contributed by atoms with Gasteiger partial charge in [-0.05, 0) is 0 Å². The Morgan fingerprint density at radius 3 is 0.952 bits per heavy atom. The van der Waals surface area contributed by atoms with Crippen LogP contribution in [-0.4, -0.2) is 47.7 Å². The fraction of sp³-hybridized carbons (Fsp3) is 1.00. The monoisotopic (exact) mass is 354 g/mol. The Kier molecular flexibility index (Phi) is 7.70. The first-order valence-corrected chi connectivity index (χ1v) is 13.5. The molecule has 0 N–H and O–H groups in total. The predicted octanol–water partition coefficient (Wildman–Crippen LogP) is 3.04. The van der Waals surface area contributed by atoms with Gasteiger partial charge in [0.25, 0.3) is 0 Å². The average Bonchev–Trinajstić information content (AvgIpc) is 2.48. The van der Waals surface area contributed by atoms with E-state index in [1.54, 1.807) is 21.3 Å². The quantitative estimate of drug-likeness (QED) is 0.593. The maximum Gasteiger partial charge on any atom is 0.485 e. The number of hydrogen-bond acceptors (Lipinski definition) is 6. The molecule has 0 aromatic heterocycles. The van der Waals surface area contributed by atoms with Crippen LogP contribution in [0.1, 0.15) is 40.0 Å². The lowest BCUT2D eigenvalue weighted by Gasteiger charge is -2.49. The van der Waals surface area contributed by atoms with E-state index in [0.29, 0.717) is 0 Å². The van der Waals surface area contributed by atoms with E-state index in [4.69, 9.17) is 25.6 Å². The van der Waals surface area contributed by atoms with Crippen molar-refractivity contribution in [3.05, 3.63) is 0 Å².